The van der Waals surface area contributed by atoms with Crippen LogP contribution in [0, 0.1) is 0 Å². The molecule has 1 amide bonds. The van der Waals surface area contributed by atoms with Gasteiger partial charge in [-0.1, -0.05) is 25.5 Å². The zero-order valence-corrected chi connectivity index (χ0v) is 12.1. The van der Waals surface area contributed by atoms with Crippen molar-refractivity contribution >= 4 is 18.3 Å². The van der Waals surface area contributed by atoms with Crippen LogP contribution in [0.3, 0.4) is 0 Å². The molecule has 0 aromatic carbocycles. The predicted molar refractivity (Wildman–Crippen MR) is 77.8 cm³/mol. The highest BCUT2D eigenvalue weighted by Crippen LogP contribution is 2.11. The first-order chi connectivity index (χ1) is 8.66. The smallest absolute Gasteiger partial charge is 0.272 e. The molecule has 0 radical (unpaired) electrons. The first-order valence-corrected chi connectivity index (χ1v) is 6.39. The zero-order valence-electron chi connectivity index (χ0n) is 11.3. The lowest BCUT2D eigenvalue weighted by Gasteiger charge is -2.14. The lowest BCUT2D eigenvalue weighted by molar-refractivity contribution is 0.0951. The molecule has 19 heavy (non-hydrogen) atoms. The predicted octanol–water partition coefficient (Wildman–Crippen LogP) is 1.60. The van der Waals surface area contributed by atoms with Crippen LogP contribution in [0.15, 0.2) is 17.7 Å². The van der Waals surface area contributed by atoms with Crippen LogP contribution in [0.25, 0.3) is 0 Å². The maximum atomic E-state index is 11.9. The first kappa shape index (κ1) is 15.7. The summed E-state index contributed by atoms with van der Waals surface area (Å²) in [6.45, 7) is 6.63. The molecule has 1 aliphatic heterocycles. The van der Waals surface area contributed by atoms with Crippen LogP contribution in [0.2, 0.25) is 0 Å². The molecule has 1 aromatic rings. The van der Waals surface area contributed by atoms with E-state index in [2.05, 4.69) is 40.8 Å². The Hall–Kier alpha value is -1.33. The van der Waals surface area contributed by atoms with E-state index in [4.69, 9.17) is 0 Å². The standard InChI is InChI=1S/C13H20N4O.ClH/c1-9(2)11-7-12(17-16-11)13(18)15-8-10-3-5-14-6-4-10;/h3,7,9,14H,4-6,8H2,1-2H3,(H,15,18)(H,16,17);1H. The summed E-state index contributed by atoms with van der Waals surface area (Å²) >= 11 is 0. The fourth-order valence-corrected chi connectivity index (χ4v) is 1.86. The molecule has 5 nitrogen and oxygen atoms in total. The molecular weight excluding hydrogens is 264 g/mol. The molecule has 2 heterocycles. The number of carbonyl (C=O) groups is 1. The second-order valence-corrected chi connectivity index (χ2v) is 4.86. The number of nitrogens with zero attached hydrogens (tertiary/aromatic N) is 1. The fourth-order valence-electron chi connectivity index (χ4n) is 1.86. The second-order valence-electron chi connectivity index (χ2n) is 4.86. The lowest BCUT2D eigenvalue weighted by Crippen LogP contribution is -2.29. The number of H-pyrrole nitrogens is 1. The number of carbonyl (C=O) groups excluding carboxylic acids is 1. The van der Waals surface area contributed by atoms with Gasteiger partial charge in [0.05, 0.1) is 0 Å². The number of aromatic nitrogens is 2. The van der Waals surface area contributed by atoms with E-state index in [0.717, 1.165) is 25.2 Å². The van der Waals surface area contributed by atoms with Crippen molar-refractivity contribution in [2.75, 3.05) is 19.6 Å². The molecule has 6 heteroatoms. The molecule has 0 unspecified atom stereocenters. The Morgan fingerprint density at radius 2 is 2.32 bits per heavy atom. The summed E-state index contributed by atoms with van der Waals surface area (Å²) in [6.07, 6.45) is 3.13. The summed E-state index contributed by atoms with van der Waals surface area (Å²) in [6, 6.07) is 1.82. The molecule has 0 fully saturated rings. The van der Waals surface area contributed by atoms with Gasteiger partial charge in [-0.05, 0) is 24.9 Å². The lowest BCUT2D eigenvalue weighted by atomic mass is 10.1. The molecule has 3 N–H and O–H groups in total. The van der Waals surface area contributed by atoms with E-state index in [1.54, 1.807) is 0 Å². The van der Waals surface area contributed by atoms with Gasteiger partial charge in [-0.3, -0.25) is 9.89 Å². The highest BCUT2D eigenvalue weighted by Gasteiger charge is 2.12. The van der Waals surface area contributed by atoms with Gasteiger partial charge in [0.2, 0.25) is 0 Å². The van der Waals surface area contributed by atoms with E-state index < -0.39 is 0 Å². The van der Waals surface area contributed by atoms with Crippen LogP contribution >= 0.6 is 12.4 Å². The average Bonchev–Trinajstić information content (AvgIpc) is 2.87. The minimum atomic E-state index is -0.113. The third-order valence-corrected chi connectivity index (χ3v) is 3.09. The Morgan fingerprint density at radius 3 is 2.89 bits per heavy atom. The minimum absolute atomic E-state index is 0. The van der Waals surface area contributed by atoms with Gasteiger partial charge >= 0.3 is 0 Å². The van der Waals surface area contributed by atoms with Gasteiger partial charge in [0.1, 0.15) is 5.69 Å². The summed E-state index contributed by atoms with van der Waals surface area (Å²) < 4.78 is 0. The van der Waals surface area contributed by atoms with Crippen molar-refractivity contribution in [1.29, 1.82) is 0 Å². The van der Waals surface area contributed by atoms with Gasteiger partial charge in [0, 0.05) is 18.8 Å². The summed E-state index contributed by atoms with van der Waals surface area (Å²) in [5, 5.41) is 13.1. The topological polar surface area (TPSA) is 69.8 Å². The number of rotatable bonds is 4. The molecule has 1 aromatic heterocycles. The average molecular weight is 285 g/mol. The van der Waals surface area contributed by atoms with E-state index in [9.17, 15) is 4.79 Å². The first-order valence-electron chi connectivity index (χ1n) is 6.39. The van der Waals surface area contributed by atoms with E-state index in [1.807, 2.05) is 6.07 Å². The van der Waals surface area contributed by atoms with Crippen molar-refractivity contribution in [3.8, 4) is 0 Å². The van der Waals surface area contributed by atoms with Gasteiger partial charge in [0.15, 0.2) is 0 Å². The largest absolute Gasteiger partial charge is 0.347 e. The van der Waals surface area contributed by atoms with Gasteiger partial charge in [-0.25, -0.2) is 0 Å². The van der Waals surface area contributed by atoms with Crippen molar-refractivity contribution in [3.05, 3.63) is 29.1 Å². The van der Waals surface area contributed by atoms with Crippen molar-refractivity contribution in [2.45, 2.75) is 26.2 Å². The maximum absolute atomic E-state index is 11.9. The number of hydrogen-bond donors (Lipinski definition) is 3. The molecule has 0 saturated carbocycles. The Bertz CT molecular complexity index is 453. The molecule has 0 atom stereocenters. The van der Waals surface area contributed by atoms with Crippen molar-refractivity contribution < 1.29 is 4.79 Å². The molecular formula is C13H21ClN4O. The van der Waals surface area contributed by atoms with Crippen molar-refractivity contribution in [3.63, 3.8) is 0 Å². The Labute approximate surface area is 119 Å². The van der Waals surface area contributed by atoms with Crippen LogP contribution in [-0.2, 0) is 0 Å². The van der Waals surface area contributed by atoms with Crippen LogP contribution in [0.5, 0.6) is 0 Å². The second kappa shape index (κ2) is 7.31. The number of amides is 1. The number of hydrogen-bond acceptors (Lipinski definition) is 3. The Kier molecular flexibility index (Phi) is 6.05. The van der Waals surface area contributed by atoms with Crippen LogP contribution < -0.4 is 10.6 Å². The summed E-state index contributed by atoms with van der Waals surface area (Å²) in [5.41, 5.74) is 2.73. The molecule has 2 rings (SSSR count). The number of halogens is 1. The van der Waals surface area contributed by atoms with E-state index in [-0.39, 0.29) is 18.3 Å². The summed E-state index contributed by atoms with van der Waals surface area (Å²) in [5.74, 6) is 0.240. The molecule has 0 saturated heterocycles. The highest BCUT2D eigenvalue weighted by molar-refractivity contribution is 5.92. The summed E-state index contributed by atoms with van der Waals surface area (Å²) in [4.78, 5) is 11.9. The van der Waals surface area contributed by atoms with Crippen LogP contribution in [0.1, 0.15) is 42.4 Å². The van der Waals surface area contributed by atoms with Crippen LogP contribution in [0.4, 0.5) is 0 Å². The molecule has 0 aliphatic carbocycles. The Balaban J connectivity index is 0.00000180. The van der Waals surface area contributed by atoms with Crippen molar-refractivity contribution in [2.24, 2.45) is 0 Å². The monoisotopic (exact) mass is 284 g/mol. The van der Waals surface area contributed by atoms with Gasteiger partial charge in [-0.15, -0.1) is 12.4 Å². The van der Waals surface area contributed by atoms with Gasteiger partial charge < -0.3 is 10.6 Å². The zero-order chi connectivity index (χ0) is 13.0. The maximum Gasteiger partial charge on any atom is 0.272 e. The SMILES string of the molecule is CC(C)c1cc(C(=O)NCC2=CCNCC2)n[nH]1.Cl. The number of aromatic amines is 1. The molecule has 0 bridgehead atoms. The molecule has 0 spiro atoms. The minimum Gasteiger partial charge on any atom is -0.347 e. The molecule has 1 aliphatic rings. The van der Waals surface area contributed by atoms with Crippen molar-refractivity contribution in [1.82, 2.24) is 20.8 Å². The van der Waals surface area contributed by atoms with Crippen LogP contribution in [-0.4, -0.2) is 35.7 Å². The number of nitrogens with one attached hydrogen (secondary N) is 3. The van der Waals surface area contributed by atoms with Gasteiger partial charge in [0.25, 0.3) is 5.91 Å². The quantitative estimate of drug-likeness (QED) is 0.736. The Morgan fingerprint density at radius 1 is 1.53 bits per heavy atom. The third-order valence-electron chi connectivity index (χ3n) is 3.09. The summed E-state index contributed by atoms with van der Waals surface area (Å²) in [7, 11) is 0. The van der Waals surface area contributed by atoms with E-state index >= 15 is 0 Å². The highest BCUT2D eigenvalue weighted by atomic mass is 35.5. The van der Waals surface area contributed by atoms with E-state index in [1.165, 1.54) is 5.57 Å². The third kappa shape index (κ3) is 4.36. The van der Waals surface area contributed by atoms with Gasteiger partial charge in [-0.2, -0.15) is 5.10 Å². The fraction of sp³-hybridized carbons (Fsp3) is 0.538. The molecule has 106 valence electrons. The normalized spacial score (nSPS) is 14.8. The van der Waals surface area contributed by atoms with E-state index in [0.29, 0.717) is 18.2 Å².